The minimum atomic E-state index is -3.55. The highest BCUT2D eigenvalue weighted by Gasteiger charge is 2.35. The SMILES string of the molecule is CCN(CC)S(=O)(=O)c1ccc2c(c1)CCCN2C(=O)C1CC(c2ccc(Cl)s2)=NO1. The van der Waals surface area contributed by atoms with Crippen LogP contribution in [0.25, 0.3) is 0 Å². The first-order chi connectivity index (χ1) is 14.8. The molecule has 1 unspecified atom stereocenters. The summed E-state index contributed by atoms with van der Waals surface area (Å²) in [5, 5.41) is 4.09. The molecule has 2 aliphatic rings. The molecule has 1 atom stereocenters. The number of fused-ring (bicyclic) bond motifs is 1. The number of anilines is 1. The average molecular weight is 482 g/mol. The largest absolute Gasteiger partial charge is 0.382 e. The topological polar surface area (TPSA) is 79.3 Å². The molecule has 0 fully saturated rings. The van der Waals surface area contributed by atoms with Crippen molar-refractivity contribution < 1.29 is 18.0 Å². The molecule has 10 heteroatoms. The summed E-state index contributed by atoms with van der Waals surface area (Å²) >= 11 is 7.40. The highest BCUT2D eigenvalue weighted by molar-refractivity contribution is 7.89. The Morgan fingerprint density at radius 2 is 2.06 bits per heavy atom. The second kappa shape index (κ2) is 8.90. The van der Waals surface area contributed by atoms with Crippen molar-refractivity contribution in [1.29, 1.82) is 0 Å². The Hall–Kier alpha value is -1.94. The van der Waals surface area contributed by atoms with Crippen LogP contribution in [0.15, 0.2) is 40.4 Å². The molecule has 31 heavy (non-hydrogen) atoms. The molecule has 0 radical (unpaired) electrons. The second-order valence-corrected chi connectivity index (χ2v) is 11.1. The Morgan fingerprint density at radius 3 is 2.74 bits per heavy atom. The first-order valence-electron chi connectivity index (χ1n) is 10.3. The normalized spacial score (nSPS) is 18.6. The number of halogens is 1. The van der Waals surface area contributed by atoms with Crippen molar-refractivity contribution in [2.75, 3.05) is 24.5 Å². The maximum Gasteiger partial charge on any atom is 0.271 e. The van der Waals surface area contributed by atoms with E-state index in [0.29, 0.717) is 36.1 Å². The van der Waals surface area contributed by atoms with Crippen LogP contribution in [0.2, 0.25) is 4.34 Å². The van der Waals surface area contributed by atoms with Gasteiger partial charge in [0.2, 0.25) is 16.1 Å². The number of sulfonamides is 1. The summed E-state index contributed by atoms with van der Waals surface area (Å²) < 4.78 is 27.9. The third-order valence-corrected chi connectivity index (χ3v) is 8.91. The minimum absolute atomic E-state index is 0.165. The van der Waals surface area contributed by atoms with Gasteiger partial charge in [-0.25, -0.2) is 8.42 Å². The molecule has 0 spiro atoms. The number of benzene rings is 1. The molecular formula is C21H24ClN3O4S2. The molecule has 0 N–H and O–H groups in total. The summed E-state index contributed by atoms with van der Waals surface area (Å²) in [5.74, 6) is -0.165. The van der Waals surface area contributed by atoms with Crippen LogP contribution in [0.3, 0.4) is 0 Å². The summed E-state index contributed by atoms with van der Waals surface area (Å²) in [7, 11) is -3.55. The predicted octanol–water partition coefficient (Wildman–Crippen LogP) is 3.90. The number of amides is 1. The van der Waals surface area contributed by atoms with Crippen LogP contribution >= 0.6 is 22.9 Å². The fourth-order valence-corrected chi connectivity index (χ4v) is 6.52. The van der Waals surface area contributed by atoms with E-state index < -0.39 is 16.1 Å². The second-order valence-electron chi connectivity index (χ2n) is 7.41. The van der Waals surface area contributed by atoms with E-state index >= 15 is 0 Å². The van der Waals surface area contributed by atoms with Gasteiger partial charge in [0.1, 0.15) is 5.71 Å². The molecule has 1 aromatic heterocycles. The highest BCUT2D eigenvalue weighted by atomic mass is 35.5. The molecule has 1 aromatic carbocycles. The lowest BCUT2D eigenvalue weighted by molar-refractivity contribution is -0.128. The van der Waals surface area contributed by atoms with Gasteiger partial charge < -0.3 is 9.74 Å². The molecule has 2 aliphatic heterocycles. The molecule has 2 aromatic rings. The van der Waals surface area contributed by atoms with Gasteiger partial charge in [0, 0.05) is 31.7 Å². The van der Waals surface area contributed by atoms with Gasteiger partial charge in [-0.1, -0.05) is 30.6 Å². The number of aryl methyl sites for hydroxylation is 1. The maximum absolute atomic E-state index is 13.2. The van der Waals surface area contributed by atoms with Crippen molar-refractivity contribution >= 4 is 50.3 Å². The summed E-state index contributed by atoms with van der Waals surface area (Å²) in [6, 6.07) is 8.69. The fourth-order valence-electron chi connectivity index (χ4n) is 3.97. The van der Waals surface area contributed by atoms with Crippen molar-refractivity contribution in [2.45, 2.75) is 44.1 Å². The number of hydrogen-bond donors (Lipinski definition) is 0. The van der Waals surface area contributed by atoms with E-state index in [0.717, 1.165) is 29.0 Å². The van der Waals surface area contributed by atoms with E-state index in [4.69, 9.17) is 16.4 Å². The lowest BCUT2D eigenvalue weighted by Crippen LogP contribution is -2.42. The van der Waals surface area contributed by atoms with Gasteiger partial charge in [-0.05, 0) is 48.7 Å². The van der Waals surface area contributed by atoms with Crippen LogP contribution in [0.5, 0.6) is 0 Å². The number of carbonyl (C=O) groups excluding carboxylic acids is 1. The molecule has 0 bridgehead atoms. The molecule has 7 nitrogen and oxygen atoms in total. The lowest BCUT2D eigenvalue weighted by Gasteiger charge is -2.31. The monoisotopic (exact) mass is 481 g/mol. The van der Waals surface area contributed by atoms with Crippen molar-refractivity contribution in [3.8, 4) is 0 Å². The summed E-state index contributed by atoms with van der Waals surface area (Å²) in [6.45, 7) is 5.03. The molecule has 4 rings (SSSR count). The molecule has 3 heterocycles. The molecule has 0 aliphatic carbocycles. The quantitative estimate of drug-likeness (QED) is 0.626. The number of rotatable bonds is 6. The molecule has 0 saturated carbocycles. The van der Waals surface area contributed by atoms with Crippen LogP contribution in [0.4, 0.5) is 5.69 Å². The first kappa shape index (κ1) is 22.3. The molecule has 0 saturated heterocycles. The van der Waals surface area contributed by atoms with Gasteiger partial charge in [-0.2, -0.15) is 4.31 Å². The van der Waals surface area contributed by atoms with E-state index in [-0.39, 0.29) is 10.8 Å². The van der Waals surface area contributed by atoms with Crippen molar-refractivity contribution in [3.63, 3.8) is 0 Å². The zero-order valence-corrected chi connectivity index (χ0v) is 19.8. The van der Waals surface area contributed by atoms with Crippen LogP contribution in [-0.2, 0) is 26.1 Å². The predicted molar refractivity (Wildman–Crippen MR) is 123 cm³/mol. The van der Waals surface area contributed by atoms with E-state index in [1.54, 1.807) is 29.2 Å². The van der Waals surface area contributed by atoms with E-state index in [2.05, 4.69) is 5.16 Å². The van der Waals surface area contributed by atoms with Crippen LogP contribution in [-0.4, -0.2) is 50.1 Å². The number of oxime groups is 1. The number of nitrogens with zero attached hydrogens (tertiary/aromatic N) is 3. The Labute approximate surface area is 191 Å². The van der Waals surface area contributed by atoms with Gasteiger partial charge in [0.25, 0.3) is 5.91 Å². The average Bonchev–Trinajstić information content (AvgIpc) is 3.42. The minimum Gasteiger partial charge on any atom is -0.382 e. The number of hydrogen-bond acceptors (Lipinski definition) is 6. The van der Waals surface area contributed by atoms with Crippen LogP contribution < -0.4 is 4.90 Å². The Kier molecular flexibility index (Phi) is 6.39. The van der Waals surface area contributed by atoms with Crippen LogP contribution in [0.1, 0.15) is 37.1 Å². The number of carbonyl (C=O) groups is 1. The lowest BCUT2D eigenvalue weighted by atomic mass is 10.0. The Morgan fingerprint density at radius 1 is 1.29 bits per heavy atom. The van der Waals surface area contributed by atoms with Crippen LogP contribution in [0, 0.1) is 0 Å². The van der Waals surface area contributed by atoms with Gasteiger partial charge in [-0.15, -0.1) is 11.3 Å². The standard InChI is InChI=1S/C21H24ClN3O4S2/c1-3-24(4-2)31(27,28)15-7-8-17-14(12-15)6-5-11-25(17)21(26)18-13-16(23-29-18)19-9-10-20(22)30-19/h7-10,12,18H,3-6,11,13H2,1-2H3. The van der Waals surface area contributed by atoms with Crippen molar-refractivity contribution in [2.24, 2.45) is 5.16 Å². The molecule has 166 valence electrons. The first-order valence-corrected chi connectivity index (χ1v) is 12.9. The van der Waals surface area contributed by atoms with E-state index in [9.17, 15) is 13.2 Å². The third-order valence-electron chi connectivity index (χ3n) is 5.58. The molecule has 1 amide bonds. The van der Waals surface area contributed by atoms with Crippen molar-refractivity contribution in [3.05, 3.63) is 45.1 Å². The summed E-state index contributed by atoms with van der Waals surface area (Å²) in [5.41, 5.74) is 2.32. The Bertz CT molecular complexity index is 1130. The number of thiophene rings is 1. The summed E-state index contributed by atoms with van der Waals surface area (Å²) in [6.07, 6.45) is 1.17. The highest BCUT2D eigenvalue weighted by Crippen LogP contribution is 2.33. The van der Waals surface area contributed by atoms with Crippen molar-refractivity contribution in [1.82, 2.24) is 4.31 Å². The van der Waals surface area contributed by atoms with Gasteiger partial charge >= 0.3 is 0 Å². The van der Waals surface area contributed by atoms with E-state index in [1.807, 2.05) is 19.9 Å². The van der Waals surface area contributed by atoms with E-state index in [1.165, 1.54) is 15.6 Å². The molecular weight excluding hydrogens is 458 g/mol. The maximum atomic E-state index is 13.2. The van der Waals surface area contributed by atoms with Gasteiger partial charge in [0.15, 0.2) is 0 Å². The Balaban J connectivity index is 1.54. The fraction of sp³-hybridized carbons (Fsp3) is 0.429. The van der Waals surface area contributed by atoms with Gasteiger partial charge in [-0.3, -0.25) is 4.79 Å². The third kappa shape index (κ3) is 4.24. The van der Waals surface area contributed by atoms with Gasteiger partial charge in [0.05, 0.1) is 14.1 Å². The smallest absolute Gasteiger partial charge is 0.271 e. The zero-order valence-electron chi connectivity index (χ0n) is 17.4. The summed E-state index contributed by atoms with van der Waals surface area (Å²) in [4.78, 5) is 21.5. The zero-order chi connectivity index (χ0) is 22.2.